The average molecular weight is 272 g/mol. The Morgan fingerprint density at radius 3 is 2.71 bits per heavy atom. The zero-order valence-corrected chi connectivity index (χ0v) is 8.76. The summed E-state index contributed by atoms with van der Waals surface area (Å²) in [6.07, 6.45) is -1.42. The molecule has 7 heteroatoms. The van der Waals surface area contributed by atoms with E-state index in [1.54, 1.807) is 13.2 Å². The number of aryl methyl sites for hydroxylation is 1. The molecule has 0 aliphatic carbocycles. The van der Waals surface area contributed by atoms with Gasteiger partial charge in [0.2, 0.25) is 0 Å². The topological polar surface area (TPSA) is 26.0 Å². The van der Waals surface area contributed by atoms with E-state index in [0.717, 1.165) is 0 Å². The maximum atomic E-state index is 11.8. The van der Waals surface area contributed by atoms with Gasteiger partial charge in [-0.2, -0.15) is 17.7 Å². The summed E-state index contributed by atoms with van der Waals surface area (Å²) in [6, 6.07) is -0.0782. The Kier molecular flexibility index (Phi) is 3.30. The molecule has 1 aromatic rings. The van der Waals surface area contributed by atoms with Gasteiger partial charge in [-0.3, -0.25) is 0 Å². The van der Waals surface area contributed by atoms with Crippen molar-refractivity contribution in [3.63, 3.8) is 0 Å². The maximum Gasteiger partial charge on any atom is 0.498 e. The first-order valence-electron chi connectivity index (χ1n) is 3.59. The molecular formula is C7H7BrF3N2O+. The summed E-state index contributed by atoms with van der Waals surface area (Å²) in [5, 5.41) is 0. The number of alkyl halides is 3. The molecule has 0 aromatic carbocycles. The summed E-state index contributed by atoms with van der Waals surface area (Å²) in [6.45, 7) is -1.34. The number of ether oxygens (including phenoxy) is 1. The van der Waals surface area contributed by atoms with E-state index in [-0.39, 0.29) is 6.01 Å². The second-order valence-corrected chi connectivity index (χ2v) is 3.49. The molecule has 0 bridgehead atoms. The third kappa shape index (κ3) is 3.49. The summed E-state index contributed by atoms with van der Waals surface area (Å²) in [4.78, 5) is 3.67. The summed E-state index contributed by atoms with van der Waals surface area (Å²) in [5.41, 5.74) is 0. The smallest absolute Gasteiger partial charge is 0.419 e. The van der Waals surface area contributed by atoms with Gasteiger partial charge in [0.25, 0.3) is 0 Å². The molecule has 0 fully saturated rings. The molecular weight excluding hydrogens is 265 g/mol. The van der Waals surface area contributed by atoms with E-state index >= 15 is 0 Å². The number of hydrogen-bond donors (Lipinski definition) is 0. The zero-order valence-electron chi connectivity index (χ0n) is 7.18. The van der Waals surface area contributed by atoms with E-state index in [2.05, 4.69) is 25.7 Å². The Bertz CT molecular complexity index is 329. The van der Waals surface area contributed by atoms with Crippen LogP contribution in [-0.4, -0.2) is 17.8 Å². The third-order valence-corrected chi connectivity index (χ3v) is 1.69. The largest absolute Gasteiger partial charge is 0.498 e. The summed E-state index contributed by atoms with van der Waals surface area (Å²) in [5.74, 6) is 0. The van der Waals surface area contributed by atoms with E-state index in [1.807, 2.05) is 0 Å². The van der Waals surface area contributed by atoms with Gasteiger partial charge < -0.3 is 4.74 Å². The number of halogens is 4. The van der Waals surface area contributed by atoms with Gasteiger partial charge >= 0.3 is 12.2 Å². The molecule has 0 atom stereocenters. The molecule has 0 aliphatic rings. The van der Waals surface area contributed by atoms with Crippen LogP contribution >= 0.6 is 15.9 Å². The second kappa shape index (κ2) is 4.12. The van der Waals surface area contributed by atoms with Crippen molar-refractivity contribution in [1.82, 2.24) is 4.98 Å². The highest BCUT2D eigenvalue weighted by molar-refractivity contribution is 9.10. The Hall–Kier alpha value is -0.850. The Labute approximate surface area is 86.7 Å². The van der Waals surface area contributed by atoms with Gasteiger partial charge in [-0.05, 0) is 20.9 Å². The Morgan fingerprint density at radius 2 is 2.21 bits per heavy atom. The molecule has 1 rings (SSSR count). The second-order valence-electron chi connectivity index (χ2n) is 2.57. The molecule has 1 aromatic heterocycles. The minimum absolute atomic E-state index is 0.0782. The van der Waals surface area contributed by atoms with Crippen molar-refractivity contribution < 1.29 is 22.5 Å². The van der Waals surface area contributed by atoms with E-state index in [4.69, 9.17) is 0 Å². The first-order chi connectivity index (χ1) is 6.38. The number of aromatic nitrogens is 2. The number of rotatable bonds is 2. The lowest BCUT2D eigenvalue weighted by Crippen LogP contribution is -2.34. The highest BCUT2D eigenvalue weighted by Crippen LogP contribution is 2.15. The van der Waals surface area contributed by atoms with Crippen molar-refractivity contribution in [1.29, 1.82) is 0 Å². The van der Waals surface area contributed by atoms with Gasteiger partial charge in [0.1, 0.15) is 10.7 Å². The molecule has 0 N–H and O–H groups in total. The molecule has 0 saturated carbocycles. The van der Waals surface area contributed by atoms with Crippen LogP contribution in [-0.2, 0) is 7.05 Å². The summed E-state index contributed by atoms with van der Waals surface area (Å²) < 4.78 is 41.8. The van der Waals surface area contributed by atoms with Gasteiger partial charge in [0, 0.05) is 0 Å². The Morgan fingerprint density at radius 1 is 1.57 bits per heavy atom. The van der Waals surface area contributed by atoms with E-state index in [0.29, 0.717) is 4.47 Å². The van der Waals surface area contributed by atoms with E-state index in [9.17, 15) is 13.2 Å². The highest BCUT2D eigenvalue weighted by atomic mass is 79.9. The molecule has 0 radical (unpaired) electrons. The quantitative estimate of drug-likeness (QED) is 0.764. The lowest BCUT2D eigenvalue weighted by Gasteiger charge is -2.05. The molecule has 0 saturated heterocycles. The molecule has 0 spiro atoms. The van der Waals surface area contributed by atoms with Crippen LogP contribution in [0, 0.1) is 0 Å². The number of hydrogen-bond acceptors (Lipinski definition) is 2. The predicted octanol–water partition coefficient (Wildman–Crippen LogP) is 1.61. The first kappa shape index (κ1) is 11.2. The average Bonchev–Trinajstić information content (AvgIpc) is 2.00. The predicted molar refractivity (Wildman–Crippen MR) is 44.7 cm³/mol. The zero-order chi connectivity index (χ0) is 10.8. The van der Waals surface area contributed by atoms with Crippen molar-refractivity contribution in [3.8, 4) is 6.01 Å². The molecule has 0 unspecified atom stereocenters. The first-order valence-corrected chi connectivity index (χ1v) is 4.38. The molecule has 3 nitrogen and oxygen atoms in total. The van der Waals surface area contributed by atoms with Crippen LogP contribution in [0.1, 0.15) is 0 Å². The Balaban J connectivity index is 2.68. The number of nitrogens with zero attached hydrogens (tertiary/aromatic N) is 2. The molecule has 0 aliphatic heterocycles. The van der Waals surface area contributed by atoms with E-state index in [1.165, 1.54) is 10.8 Å². The van der Waals surface area contributed by atoms with E-state index < -0.39 is 12.8 Å². The van der Waals surface area contributed by atoms with Crippen molar-refractivity contribution >= 4 is 15.9 Å². The summed E-state index contributed by atoms with van der Waals surface area (Å²) >= 11 is 3.13. The minimum atomic E-state index is -4.35. The van der Waals surface area contributed by atoms with Crippen molar-refractivity contribution in [2.24, 2.45) is 7.05 Å². The highest BCUT2D eigenvalue weighted by Gasteiger charge is 2.30. The fourth-order valence-electron chi connectivity index (χ4n) is 0.767. The van der Waals surface area contributed by atoms with Crippen LogP contribution in [0.25, 0.3) is 0 Å². The molecule has 78 valence electrons. The monoisotopic (exact) mass is 271 g/mol. The van der Waals surface area contributed by atoms with Crippen LogP contribution in [0.2, 0.25) is 0 Å². The van der Waals surface area contributed by atoms with Crippen LogP contribution in [0.3, 0.4) is 0 Å². The van der Waals surface area contributed by atoms with Gasteiger partial charge in [0.05, 0.1) is 7.05 Å². The molecule has 14 heavy (non-hydrogen) atoms. The van der Waals surface area contributed by atoms with Crippen LogP contribution in [0.4, 0.5) is 13.2 Å². The van der Waals surface area contributed by atoms with Crippen LogP contribution < -0.4 is 9.30 Å². The van der Waals surface area contributed by atoms with Crippen LogP contribution in [0.5, 0.6) is 6.01 Å². The van der Waals surface area contributed by atoms with Gasteiger partial charge in [-0.1, -0.05) is 0 Å². The van der Waals surface area contributed by atoms with Crippen LogP contribution in [0.15, 0.2) is 16.9 Å². The third-order valence-electron chi connectivity index (χ3n) is 1.28. The lowest BCUT2D eigenvalue weighted by molar-refractivity contribution is -0.681. The van der Waals surface area contributed by atoms with Crippen molar-refractivity contribution in [2.45, 2.75) is 6.18 Å². The molecule has 1 heterocycles. The SMILES string of the molecule is C[n+]1cc(Br)cnc1OCC(F)(F)F. The summed E-state index contributed by atoms with van der Waals surface area (Å²) in [7, 11) is 1.55. The van der Waals surface area contributed by atoms with Crippen molar-refractivity contribution in [3.05, 3.63) is 16.9 Å². The standard InChI is InChI=1S/C7H7BrF3N2O/c1-13-3-5(8)2-12-6(13)14-4-7(9,10)11/h2-3H,4H2,1H3/q+1. The lowest BCUT2D eigenvalue weighted by atomic mass is 10.6. The maximum absolute atomic E-state index is 11.8. The van der Waals surface area contributed by atoms with Gasteiger partial charge in [0.15, 0.2) is 12.8 Å². The normalized spacial score (nSPS) is 11.5. The fraction of sp³-hybridized carbons (Fsp3) is 0.429. The van der Waals surface area contributed by atoms with Gasteiger partial charge in [-0.25, -0.2) is 0 Å². The molecule has 0 amide bonds. The minimum Gasteiger partial charge on any atom is -0.419 e. The van der Waals surface area contributed by atoms with Crippen molar-refractivity contribution in [2.75, 3.05) is 6.61 Å². The van der Waals surface area contributed by atoms with Gasteiger partial charge in [-0.15, -0.1) is 0 Å². The fourth-order valence-corrected chi connectivity index (χ4v) is 1.18.